The molecule has 0 spiro atoms. The minimum atomic E-state index is -0.356. The Labute approximate surface area is 147 Å². The van der Waals surface area contributed by atoms with Gasteiger partial charge in [-0.25, -0.2) is 0 Å². The first kappa shape index (κ1) is 23.0. The fraction of sp³-hybridized carbons (Fsp3) is 1.00. The molecule has 1 N–H and O–H groups in total. The monoisotopic (exact) mass is 326 g/mol. The Kier molecular flexibility index (Phi) is 16.8. The molecular weight excluding hydrogens is 280 g/mol. The largest absolute Gasteiger partial charge is 0.390 e. The van der Waals surface area contributed by atoms with Crippen molar-refractivity contribution in [1.29, 1.82) is 0 Å². The number of hydrogen-bond donors (Lipinski definition) is 1. The van der Waals surface area contributed by atoms with E-state index in [4.69, 9.17) is 0 Å². The minimum Gasteiger partial charge on any atom is -0.390 e. The Morgan fingerprint density at radius 3 is 1.09 bits per heavy atom. The molecule has 0 radical (unpaired) electrons. The maximum atomic E-state index is 11.0. The number of hydrogen-bond acceptors (Lipinski definition) is 1. The van der Waals surface area contributed by atoms with Crippen LogP contribution in [0.4, 0.5) is 0 Å². The van der Waals surface area contributed by atoms with Gasteiger partial charge in [-0.15, -0.1) is 0 Å². The van der Waals surface area contributed by atoms with Crippen molar-refractivity contribution < 1.29 is 5.11 Å². The van der Waals surface area contributed by atoms with Gasteiger partial charge in [0.05, 0.1) is 5.60 Å². The fourth-order valence-corrected chi connectivity index (χ4v) is 3.55. The second-order valence-electron chi connectivity index (χ2n) is 7.72. The van der Waals surface area contributed by atoms with Gasteiger partial charge in [-0.2, -0.15) is 0 Å². The van der Waals surface area contributed by atoms with Crippen molar-refractivity contribution in [2.24, 2.45) is 0 Å². The third kappa shape index (κ3) is 15.2. The van der Waals surface area contributed by atoms with Crippen LogP contribution >= 0.6 is 0 Å². The lowest BCUT2D eigenvalue weighted by Gasteiger charge is -2.28. The first-order valence-electron chi connectivity index (χ1n) is 10.9. The summed E-state index contributed by atoms with van der Waals surface area (Å²) in [5.74, 6) is 0. The van der Waals surface area contributed by atoms with E-state index in [0.29, 0.717) is 0 Å². The molecule has 0 rings (SSSR count). The van der Waals surface area contributed by atoms with E-state index in [1.807, 2.05) is 0 Å². The second-order valence-corrected chi connectivity index (χ2v) is 7.72. The predicted octanol–water partition coefficient (Wildman–Crippen LogP) is 7.80. The van der Waals surface area contributed by atoms with Gasteiger partial charge in [0.1, 0.15) is 0 Å². The summed E-state index contributed by atoms with van der Waals surface area (Å²) in [6, 6.07) is 0. The second kappa shape index (κ2) is 16.8. The molecule has 0 amide bonds. The van der Waals surface area contributed by atoms with E-state index in [2.05, 4.69) is 20.8 Å². The quantitative estimate of drug-likeness (QED) is 0.255. The molecule has 0 aliphatic heterocycles. The molecule has 0 saturated heterocycles. The van der Waals surface area contributed by atoms with E-state index in [-0.39, 0.29) is 5.60 Å². The lowest BCUT2D eigenvalue weighted by atomic mass is 9.85. The topological polar surface area (TPSA) is 20.2 Å². The van der Waals surface area contributed by atoms with Crippen LogP contribution in [-0.2, 0) is 0 Å². The first-order valence-corrected chi connectivity index (χ1v) is 10.9. The van der Waals surface area contributed by atoms with Crippen molar-refractivity contribution >= 4 is 0 Å². The number of rotatable bonds is 18. The van der Waals surface area contributed by atoms with Crippen molar-refractivity contribution in [3.8, 4) is 0 Å². The number of aliphatic hydroxyl groups is 1. The summed E-state index contributed by atoms with van der Waals surface area (Å²) >= 11 is 0. The molecule has 0 saturated carbocycles. The highest BCUT2D eigenvalue weighted by molar-refractivity contribution is 4.78. The van der Waals surface area contributed by atoms with Crippen LogP contribution in [0.15, 0.2) is 0 Å². The van der Waals surface area contributed by atoms with E-state index < -0.39 is 0 Å². The molecule has 1 unspecified atom stereocenters. The molecule has 0 aliphatic rings. The summed E-state index contributed by atoms with van der Waals surface area (Å²) in [6.45, 7) is 6.79. The van der Waals surface area contributed by atoms with Gasteiger partial charge in [-0.1, -0.05) is 117 Å². The van der Waals surface area contributed by atoms with Crippen molar-refractivity contribution in [3.63, 3.8) is 0 Å². The molecule has 0 heterocycles. The maximum absolute atomic E-state index is 11.0. The normalized spacial score (nSPS) is 14.1. The molecule has 0 fully saturated rings. The fourth-order valence-electron chi connectivity index (χ4n) is 3.55. The van der Waals surface area contributed by atoms with E-state index in [0.717, 1.165) is 19.3 Å². The Morgan fingerprint density at radius 2 is 0.696 bits per heavy atom. The van der Waals surface area contributed by atoms with Gasteiger partial charge in [0, 0.05) is 0 Å². The average molecular weight is 327 g/mol. The van der Waals surface area contributed by atoms with Gasteiger partial charge in [-0.05, 0) is 19.3 Å². The van der Waals surface area contributed by atoms with Crippen molar-refractivity contribution in [3.05, 3.63) is 0 Å². The van der Waals surface area contributed by atoms with E-state index in [1.165, 1.54) is 96.3 Å². The molecule has 1 atom stereocenters. The summed E-state index contributed by atoms with van der Waals surface area (Å²) in [5, 5.41) is 11.0. The Morgan fingerprint density at radius 1 is 0.435 bits per heavy atom. The first-order chi connectivity index (χ1) is 11.2. The average Bonchev–Trinajstić information content (AvgIpc) is 2.54. The van der Waals surface area contributed by atoms with Crippen LogP contribution in [0.2, 0.25) is 0 Å². The summed E-state index contributed by atoms with van der Waals surface area (Å²) in [6.07, 6.45) is 22.8. The van der Waals surface area contributed by atoms with Crippen LogP contribution in [0.5, 0.6) is 0 Å². The Bertz CT molecular complexity index is 226. The van der Waals surface area contributed by atoms with Crippen molar-refractivity contribution in [2.45, 2.75) is 142 Å². The molecule has 0 aromatic heterocycles. The number of unbranched alkanes of at least 4 members (excludes halogenated alkanes) is 12. The van der Waals surface area contributed by atoms with Gasteiger partial charge in [0.2, 0.25) is 0 Å². The van der Waals surface area contributed by atoms with Crippen molar-refractivity contribution in [1.82, 2.24) is 0 Å². The van der Waals surface area contributed by atoms with E-state index in [9.17, 15) is 5.11 Å². The summed E-state index contributed by atoms with van der Waals surface area (Å²) < 4.78 is 0. The zero-order chi connectivity index (χ0) is 17.2. The molecule has 1 nitrogen and oxygen atoms in total. The molecule has 0 aromatic carbocycles. The highest BCUT2D eigenvalue weighted by Crippen LogP contribution is 2.28. The molecule has 0 bridgehead atoms. The van der Waals surface area contributed by atoms with Crippen LogP contribution in [0.25, 0.3) is 0 Å². The predicted molar refractivity (Wildman–Crippen MR) is 105 cm³/mol. The third-order valence-electron chi connectivity index (χ3n) is 5.24. The van der Waals surface area contributed by atoms with Crippen LogP contribution in [0, 0.1) is 0 Å². The third-order valence-corrected chi connectivity index (χ3v) is 5.24. The lowest BCUT2D eigenvalue weighted by Crippen LogP contribution is -2.28. The SMILES string of the molecule is CCCCCCCCCC(O)(CCCCC)CCCCCCC. The molecular formula is C22H46O. The highest BCUT2D eigenvalue weighted by atomic mass is 16.3. The summed E-state index contributed by atoms with van der Waals surface area (Å²) in [5.41, 5.74) is -0.356. The standard InChI is InChI=1S/C22H46O/c1-4-7-10-12-13-15-18-21-22(23,19-16-9-6-3)20-17-14-11-8-5-2/h23H,4-21H2,1-3H3. The van der Waals surface area contributed by atoms with Crippen LogP contribution in [0.3, 0.4) is 0 Å². The van der Waals surface area contributed by atoms with Crippen LogP contribution in [-0.4, -0.2) is 10.7 Å². The van der Waals surface area contributed by atoms with E-state index in [1.54, 1.807) is 0 Å². The van der Waals surface area contributed by atoms with Crippen LogP contribution in [0.1, 0.15) is 136 Å². The highest BCUT2D eigenvalue weighted by Gasteiger charge is 2.24. The van der Waals surface area contributed by atoms with Gasteiger partial charge in [0.15, 0.2) is 0 Å². The Balaban J connectivity index is 3.91. The molecule has 140 valence electrons. The molecule has 1 heteroatoms. The summed E-state index contributed by atoms with van der Waals surface area (Å²) in [4.78, 5) is 0. The summed E-state index contributed by atoms with van der Waals surface area (Å²) in [7, 11) is 0. The van der Waals surface area contributed by atoms with Gasteiger partial charge >= 0.3 is 0 Å². The van der Waals surface area contributed by atoms with Gasteiger partial charge in [0.25, 0.3) is 0 Å². The maximum Gasteiger partial charge on any atom is 0.0647 e. The van der Waals surface area contributed by atoms with Gasteiger partial charge in [-0.3, -0.25) is 0 Å². The van der Waals surface area contributed by atoms with Crippen LogP contribution < -0.4 is 0 Å². The van der Waals surface area contributed by atoms with E-state index >= 15 is 0 Å². The molecule has 23 heavy (non-hydrogen) atoms. The smallest absolute Gasteiger partial charge is 0.0647 e. The molecule has 0 aromatic rings. The molecule has 0 aliphatic carbocycles. The minimum absolute atomic E-state index is 0.356. The Hall–Kier alpha value is -0.0400. The zero-order valence-corrected chi connectivity index (χ0v) is 16.7. The van der Waals surface area contributed by atoms with Gasteiger partial charge < -0.3 is 5.11 Å². The van der Waals surface area contributed by atoms with Crippen molar-refractivity contribution in [2.75, 3.05) is 0 Å². The lowest BCUT2D eigenvalue weighted by molar-refractivity contribution is 0.00716. The zero-order valence-electron chi connectivity index (χ0n) is 16.7.